The van der Waals surface area contributed by atoms with Crippen molar-refractivity contribution in [2.24, 2.45) is 0 Å². The van der Waals surface area contributed by atoms with E-state index in [0.717, 1.165) is 11.1 Å². The molecule has 30 heavy (non-hydrogen) atoms. The Morgan fingerprint density at radius 3 is 2.43 bits per heavy atom. The van der Waals surface area contributed by atoms with Crippen molar-refractivity contribution in [3.8, 4) is 0 Å². The van der Waals surface area contributed by atoms with E-state index in [9.17, 15) is 14.4 Å². The SMILES string of the molecule is Cc1ccc(C)c(C(=O)CCC(=O)N2CCN(CC(=O)Nc3cc(C)on3)CC2)c1. The molecule has 1 fully saturated rings. The van der Waals surface area contributed by atoms with Gasteiger partial charge in [0, 0.05) is 50.7 Å². The summed E-state index contributed by atoms with van der Waals surface area (Å²) in [7, 11) is 0. The quantitative estimate of drug-likeness (QED) is 0.702. The number of benzene rings is 1. The van der Waals surface area contributed by atoms with Crippen LogP contribution in [-0.2, 0) is 9.59 Å². The van der Waals surface area contributed by atoms with Gasteiger partial charge in [-0.25, -0.2) is 0 Å². The van der Waals surface area contributed by atoms with Crippen LogP contribution in [0.5, 0.6) is 0 Å². The third-order valence-electron chi connectivity index (χ3n) is 5.25. The topological polar surface area (TPSA) is 95.8 Å². The highest BCUT2D eigenvalue weighted by molar-refractivity contribution is 5.99. The Balaban J connectivity index is 1.41. The maximum atomic E-state index is 12.5. The molecule has 160 valence electrons. The number of aryl methyl sites for hydroxylation is 3. The van der Waals surface area contributed by atoms with Crippen molar-refractivity contribution in [2.45, 2.75) is 33.6 Å². The van der Waals surface area contributed by atoms with Crippen LogP contribution in [0, 0.1) is 20.8 Å². The molecular formula is C22H28N4O4. The molecule has 1 aromatic carbocycles. The van der Waals surface area contributed by atoms with Crippen LogP contribution in [0.25, 0.3) is 0 Å². The smallest absolute Gasteiger partial charge is 0.239 e. The number of rotatable bonds is 7. The number of hydrogen-bond donors (Lipinski definition) is 1. The molecule has 1 aromatic heterocycles. The summed E-state index contributed by atoms with van der Waals surface area (Å²) < 4.78 is 4.93. The number of hydrogen-bond acceptors (Lipinski definition) is 6. The number of carbonyl (C=O) groups is 3. The first-order chi connectivity index (χ1) is 14.3. The Morgan fingerprint density at radius 2 is 1.77 bits per heavy atom. The highest BCUT2D eigenvalue weighted by Gasteiger charge is 2.23. The summed E-state index contributed by atoms with van der Waals surface area (Å²) in [6.45, 7) is 8.18. The van der Waals surface area contributed by atoms with E-state index in [1.165, 1.54) is 0 Å². The van der Waals surface area contributed by atoms with E-state index in [-0.39, 0.29) is 37.0 Å². The summed E-state index contributed by atoms with van der Waals surface area (Å²) in [5, 5.41) is 6.44. The van der Waals surface area contributed by atoms with Gasteiger partial charge in [0.15, 0.2) is 11.6 Å². The highest BCUT2D eigenvalue weighted by Crippen LogP contribution is 2.15. The first-order valence-electron chi connectivity index (χ1n) is 10.2. The third-order valence-corrected chi connectivity index (χ3v) is 5.25. The summed E-state index contributed by atoms with van der Waals surface area (Å²) in [6, 6.07) is 7.45. The van der Waals surface area contributed by atoms with Crippen LogP contribution in [0.4, 0.5) is 5.82 Å². The molecule has 0 atom stereocenters. The van der Waals surface area contributed by atoms with E-state index in [0.29, 0.717) is 43.3 Å². The number of nitrogens with zero attached hydrogens (tertiary/aromatic N) is 3. The lowest BCUT2D eigenvalue weighted by Crippen LogP contribution is -2.50. The Bertz CT molecular complexity index is 929. The number of piperazine rings is 1. The van der Waals surface area contributed by atoms with E-state index in [1.807, 2.05) is 36.9 Å². The average Bonchev–Trinajstić information content (AvgIpc) is 3.12. The van der Waals surface area contributed by atoms with Gasteiger partial charge in [0.25, 0.3) is 0 Å². The number of nitrogens with one attached hydrogen (secondary N) is 1. The Labute approximate surface area is 176 Å². The van der Waals surface area contributed by atoms with E-state index in [2.05, 4.69) is 10.5 Å². The molecule has 0 radical (unpaired) electrons. The Hall–Kier alpha value is -3.00. The van der Waals surface area contributed by atoms with Crippen molar-refractivity contribution < 1.29 is 18.9 Å². The van der Waals surface area contributed by atoms with Gasteiger partial charge in [-0.2, -0.15) is 0 Å². The minimum Gasteiger partial charge on any atom is -0.360 e. The molecule has 2 heterocycles. The third kappa shape index (κ3) is 5.76. The monoisotopic (exact) mass is 412 g/mol. The largest absolute Gasteiger partial charge is 0.360 e. The van der Waals surface area contributed by atoms with Gasteiger partial charge in [-0.1, -0.05) is 22.9 Å². The van der Waals surface area contributed by atoms with Crippen LogP contribution >= 0.6 is 0 Å². The van der Waals surface area contributed by atoms with E-state index >= 15 is 0 Å². The van der Waals surface area contributed by atoms with Crippen LogP contribution in [0.3, 0.4) is 0 Å². The van der Waals surface area contributed by atoms with E-state index in [1.54, 1.807) is 17.9 Å². The number of Topliss-reactive ketones (excluding diaryl/α,β-unsaturated/α-hetero) is 1. The van der Waals surface area contributed by atoms with Gasteiger partial charge in [0.1, 0.15) is 5.76 Å². The van der Waals surface area contributed by atoms with Crippen molar-refractivity contribution in [3.05, 3.63) is 46.7 Å². The fraction of sp³-hybridized carbons (Fsp3) is 0.455. The molecule has 1 aliphatic heterocycles. The van der Waals surface area contributed by atoms with Crippen molar-refractivity contribution in [3.63, 3.8) is 0 Å². The number of carbonyl (C=O) groups excluding carboxylic acids is 3. The number of ketones is 1. The Morgan fingerprint density at radius 1 is 1.03 bits per heavy atom. The predicted molar refractivity (Wildman–Crippen MR) is 112 cm³/mol. The molecule has 8 heteroatoms. The molecule has 0 bridgehead atoms. The average molecular weight is 412 g/mol. The van der Waals surface area contributed by atoms with Crippen molar-refractivity contribution in [1.82, 2.24) is 15.0 Å². The zero-order chi connectivity index (χ0) is 21.7. The van der Waals surface area contributed by atoms with Crippen LogP contribution in [0.1, 0.15) is 40.1 Å². The van der Waals surface area contributed by atoms with Crippen molar-refractivity contribution in [1.29, 1.82) is 0 Å². The van der Waals surface area contributed by atoms with Crippen LogP contribution in [0.2, 0.25) is 0 Å². The molecule has 8 nitrogen and oxygen atoms in total. The zero-order valence-electron chi connectivity index (χ0n) is 17.7. The van der Waals surface area contributed by atoms with Gasteiger partial charge in [0.2, 0.25) is 11.8 Å². The fourth-order valence-electron chi connectivity index (χ4n) is 3.52. The van der Waals surface area contributed by atoms with Gasteiger partial charge in [-0.15, -0.1) is 0 Å². The number of aromatic nitrogens is 1. The van der Waals surface area contributed by atoms with Crippen LogP contribution in [-0.4, -0.2) is 65.3 Å². The summed E-state index contributed by atoms with van der Waals surface area (Å²) in [5.74, 6) is 0.856. The minimum absolute atomic E-state index is 0.00273. The maximum absolute atomic E-state index is 12.5. The summed E-state index contributed by atoms with van der Waals surface area (Å²) in [5.41, 5.74) is 2.67. The first kappa shape index (κ1) is 21.7. The molecule has 1 saturated heterocycles. The maximum Gasteiger partial charge on any atom is 0.239 e. The highest BCUT2D eigenvalue weighted by atomic mass is 16.5. The van der Waals surface area contributed by atoms with Crippen LogP contribution < -0.4 is 5.32 Å². The summed E-state index contributed by atoms with van der Waals surface area (Å²) >= 11 is 0. The lowest BCUT2D eigenvalue weighted by Gasteiger charge is -2.34. The molecule has 3 rings (SSSR count). The second-order valence-corrected chi connectivity index (χ2v) is 7.77. The van der Waals surface area contributed by atoms with Crippen molar-refractivity contribution >= 4 is 23.4 Å². The molecule has 1 aliphatic rings. The molecule has 0 aliphatic carbocycles. The second-order valence-electron chi connectivity index (χ2n) is 7.77. The van der Waals surface area contributed by atoms with E-state index < -0.39 is 0 Å². The lowest BCUT2D eigenvalue weighted by atomic mass is 9.99. The summed E-state index contributed by atoms with van der Waals surface area (Å²) in [6.07, 6.45) is 0.418. The molecule has 0 unspecified atom stereocenters. The molecule has 0 saturated carbocycles. The molecule has 2 aromatic rings. The summed E-state index contributed by atoms with van der Waals surface area (Å²) in [4.78, 5) is 40.9. The van der Waals surface area contributed by atoms with Gasteiger partial charge in [-0.3, -0.25) is 19.3 Å². The van der Waals surface area contributed by atoms with Crippen molar-refractivity contribution in [2.75, 3.05) is 38.0 Å². The molecular weight excluding hydrogens is 384 g/mol. The van der Waals surface area contributed by atoms with Gasteiger partial charge in [0.05, 0.1) is 6.54 Å². The molecule has 0 spiro atoms. The molecule has 2 amide bonds. The van der Waals surface area contributed by atoms with Gasteiger partial charge < -0.3 is 14.7 Å². The van der Waals surface area contributed by atoms with Gasteiger partial charge in [-0.05, 0) is 32.4 Å². The van der Waals surface area contributed by atoms with E-state index in [4.69, 9.17) is 4.52 Å². The zero-order valence-corrected chi connectivity index (χ0v) is 17.7. The number of amides is 2. The lowest BCUT2D eigenvalue weighted by molar-refractivity contribution is -0.133. The second kappa shape index (κ2) is 9.67. The molecule has 1 N–H and O–H groups in total. The Kier molecular flexibility index (Phi) is 6.99. The van der Waals surface area contributed by atoms with Gasteiger partial charge >= 0.3 is 0 Å². The standard InChI is InChI=1S/C22H28N4O4/c1-15-4-5-16(2)18(12-15)19(27)6-7-22(29)26-10-8-25(9-11-26)14-21(28)23-20-13-17(3)30-24-20/h4-5,12-13H,6-11,14H2,1-3H3,(H,23,24,28). The van der Waals surface area contributed by atoms with Crippen LogP contribution in [0.15, 0.2) is 28.8 Å². The normalized spacial score (nSPS) is 14.6. The minimum atomic E-state index is -0.165. The predicted octanol–water partition coefficient (Wildman–Crippen LogP) is 2.35. The number of anilines is 1. The first-order valence-corrected chi connectivity index (χ1v) is 10.2. The fourth-order valence-corrected chi connectivity index (χ4v) is 3.52.